The third-order valence-electron chi connectivity index (χ3n) is 5.21. The summed E-state index contributed by atoms with van der Waals surface area (Å²) in [4.78, 5) is 25.6. The van der Waals surface area contributed by atoms with Gasteiger partial charge in [-0.2, -0.15) is 13.2 Å². The van der Waals surface area contributed by atoms with Crippen LogP contribution in [0.4, 0.5) is 28.0 Å². The monoisotopic (exact) mass is 473 g/mol. The van der Waals surface area contributed by atoms with Gasteiger partial charge in [-0.05, 0) is 45.4 Å². The number of alkyl halides is 4. The second-order valence-electron chi connectivity index (χ2n) is 8.94. The first kappa shape index (κ1) is 24.7. The quantitative estimate of drug-likeness (QED) is 0.513. The van der Waals surface area contributed by atoms with Crippen molar-refractivity contribution < 1.29 is 36.6 Å². The van der Waals surface area contributed by atoms with Crippen molar-refractivity contribution >= 4 is 28.7 Å². The highest BCUT2D eigenvalue weighted by Crippen LogP contribution is 2.32. The van der Waals surface area contributed by atoms with Crippen LogP contribution in [0.1, 0.15) is 37.7 Å². The maximum absolute atomic E-state index is 14.9. The van der Waals surface area contributed by atoms with Crippen LogP contribution in [0, 0.1) is 0 Å². The Hall–Kier alpha value is -2.98. The zero-order valence-electron chi connectivity index (χ0n) is 18.8. The predicted octanol–water partition coefficient (Wildman–Crippen LogP) is 4.75. The number of fused-ring (bicyclic) bond motifs is 1. The highest BCUT2D eigenvalue weighted by molar-refractivity contribution is 6.00. The Morgan fingerprint density at radius 3 is 2.48 bits per heavy atom. The number of ether oxygens (including phenoxy) is 2. The van der Waals surface area contributed by atoms with E-state index in [1.165, 1.54) is 23.1 Å². The number of halogens is 4. The lowest BCUT2D eigenvalue weighted by Gasteiger charge is -2.36. The smallest absolute Gasteiger partial charge is 0.410 e. The Morgan fingerprint density at radius 1 is 1.21 bits per heavy atom. The fourth-order valence-corrected chi connectivity index (χ4v) is 3.79. The number of benzene rings is 1. The molecule has 33 heavy (non-hydrogen) atoms. The second kappa shape index (κ2) is 9.11. The van der Waals surface area contributed by atoms with Gasteiger partial charge in [0.15, 0.2) is 0 Å². The molecule has 1 fully saturated rings. The van der Waals surface area contributed by atoms with Gasteiger partial charge in [0.1, 0.15) is 24.0 Å². The van der Waals surface area contributed by atoms with E-state index < -0.39 is 42.6 Å². The largest absolute Gasteiger partial charge is 0.464 e. The first-order valence-corrected chi connectivity index (χ1v) is 10.4. The lowest BCUT2D eigenvalue weighted by atomic mass is 10.0. The average molecular weight is 473 g/mol. The van der Waals surface area contributed by atoms with Crippen LogP contribution in [0.15, 0.2) is 24.3 Å². The Kier molecular flexibility index (Phi) is 6.80. The van der Waals surface area contributed by atoms with E-state index in [9.17, 15) is 27.2 Å². The molecule has 0 saturated carbocycles. The Morgan fingerprint density at radius 2 is 1.91 bits per heavy atom. The van der Waals surface area contributed by atoms with Gasteiger partial charge in [-0.15, -0.1) is 0 Å². The number of hydrogen-bond donors (Lipinski definition) is 1. The lowest BCUT2D eigenvalue weighted by molar-refractivity contribution is -0.140. The van der Waals surface area contributed by atoms with Crippen LogP contribution in [0.2, 0.25) is 0 Å². The standard InChI is InChI=1S/C22H27F4N3O4/c1-21(2,3)33-20(31)28-9-8-16(14(23)11-28)27-15-6-5-7-17-13(15)10-18(19(30)32-4)29(17)12-22(24,25)26/h5-7,10,14,16,27H,8-9,11-12H2,1-4H3/t14-,16+/m0/s1. The van der Waals surface area contributed by atoms with Crippen molar-refractivity contribution in [3.63, 3.8) is 0 Å². The number of amides is 1. The molecule has 0 bridgehead atoms. The predicted molar refractivity (Wildman–Crippen MR) is 114 cm³/mol. The van der Waals surface area contributed by atoms with Crippen molar-refractivity contribution in [2.24, 2.45) is 0 Å². The molecule has 1 amide bonds. The van der Waals surface area contributed by atoms with Crippen molar-refractivity contribution in [3.8, 4) is 0 Å². The van der Waals surface area contributed by atoms with E-state index >= 15 is 0 Å². The number of rotatable bonds is 4. The molecule has 2 heterocycles. The molecule has 182 valence electrons. The molecule has 0 radical (unpaired) electrons. The van der Waals surface area contributed by atoms with Crippen molar-refractivity contribution in [2.75, 3.05) is 25.5 Å². The molecule has 1 aromatic heterocycles. The Labute approximate surface area is 188 Å². The number of esters is 1. The number of carbonyl (C=O) groups is 2. The van der Waals surface area contributed by atoms with Crippen molar-refractivity contribution in [1.82, 2.24) is 9.47 Å². The van der Waals surface area contributed by atoms with E-state index in [1.54, 1.807) is 26.8 Å². The summed E-state index contributed by atoms with van der Waals surface area (Å²) < 4.78 is 65.1. The van der Waals surface area contributed by atoms with Crippen LogP contribution in [-0.2, 0) is 16.0 Å². The molecule has 1 aromatic carbocycles. The number of aromatic nitrogens is 1. The first-order chi connectivity index (χ1) is 15.3. The molecule has 7 nitrogen and oxygen atoms in total. The van der Waals surface area contributed by atoms with Gasteiger partial charge in [0.05, 0.1) is 25.2 Å². The third-order valence-corrected chi connectivity index (χ3v) is 5.21. The molecule has 1 saturated heterocycles. The molecule has 1 aliphatic heterocycles. The minimum absolute atomic E-state index is 0.166. The minimum Gasteiger partial charge on any atom is -0.464 e. The summed E-state index contributed by atoms with van der Waals surface area (Å²) in [6.45, 7) is 3.88. The van der Waals surface area contributed by atoms with Crippen molar-refractivity contribution in [1.29, 1.82) is 0 Å². The van der Waals surface area contributed by atoms with E-state index in [-0.39, 0.29) is 30.7 Å². The molecule has 11 heteroatoms. The fourth-order valence-electron chi connectivity index (χ4n) is 3.79. The molecule has 0 unspecified atom stereocenters. The van der Waals surface area contributed by atoms with Crippen LogP contribution in [0.25, 0.3) is 10.9 Å². The highest BCUT2D eigenvalue weighted by atomic mass is 19.4. The number of methoxy groups -OCH3 is 1. The molecule has 0 aliphatic carbocycles. The number of anilines is 1. The van der Waals surface area contributed by atoms with Crippen LogP contribution < -0.4 is 5.32 Å². The number of likely N-dealkylation sites (tertiary alicyclic amines) is 1. The number of carbonyl (C=O) groups excluding carboxylic acids is 2. The average Bonchev–Trinajstić information content (AvgIpc) is 3.05. The molecule has 0 spiro atoms. The summed E-state index contributed by atoms with van der Waals surface area (Å²) in [5.74, 6) is -0.907. The molecule has 1 N–H and O–H groups in total. The fraction of sp³-hybridized carbons (Fsp3) is 0.545. The van der Waals surface area contributed by atoms with Gasteiger partial charge in [-0.1, -0.05) is 6.07 Å². The van der Waals surface area contributed by atoms with Gasteiger partial charge >= 0.3 is 18.2 Å². The Bertz CT molecular complexity index is 1030. The Balaban J connectivity index is 1.84. The van der Waals surface area contributed by atoms with Gasteiger partial charge in [0.25, 0.3) is 0 Å². The third kappa shape index (κ3) is 5.88. The van der Waals surface area contributed by atoms with Crippen molar-refractivity contribution in [2.45, 2.75) is 57.7 Å². The molecule has 1 aliphatic rings. The zero-order valence-corrected chi connectivity index (χ0v) is 18.8. The molecular formula is C22H27F4N3O4. The summed E-state index contributed by atoms with van der Waals surface area (Å²) >= 11 is 0. The van der Waals surface area contributed by atoms with Crippen LogP contribution in [0.3, 0.4) is 0 Å². The second-order valence-corrected chi connectivity index (χ2v) is 8.94. The molecule has 3 rings (SSSR count). The van der Waals surface area contributed by atoms with Crippen LogP contribution >= 0.6 is 0 Å². The zero-order chi connectivity index (χ0) is 24.6. The maximum atomic E-state index is 14.9. The lowest BCUT2D eigenvalue weighted by Crippen LogP contribution is -2.51. The topological polar surface area (TPSA) is 72.8 Å². The summed E-state index contributed by atoms with van der Waals surface area (Å²) in [5.41, 5.74) is -0.402. The summed E-state index contributed by atoms with van der Waals surface area (Å²) in [6.07, 6.45) is -6.32. The number of nitrogens with one attached hydrogen (secondary N) is 1. The highest BCUT2D eigenvalue weighted by Gasteiger charge is 2.35. The summed E-state index contributed by atoms with van der Waals surface area (Å²) in [6, 6.07) is 5.21. The maximum Gasteiger partial charge on any atom is 0.410 e. The number of nitrogens with zero attached hydrogens (tertiary/aromatic N) is 2. The SMILES string of the molecule is COC(=O)c1cc2c(N[C@@H]3CCN(C(=O)OC(C)(C)C)C[C@@H]3F)cccc2n1CC(F)(F)F. The van der Waals surface area contributed by atoms with Gasteiger partial charge in [0.2, 0.25) is 0 Å². The first-order valence-electron chi connectivity index (χ1n) is 10.4. The summed E-state index contributed by atoms with van der Waals surface area (Å²) in [5, 5.41) is 3.38. The van der Waals surface area contributed by atoms with E-state index in [1.807, 2.05) is 0 Å². The minimum atomic E-state index is -4.56. The van der Waals surface area contributed by atoms with E-state index in [2.05, 4.69) is 10.1 Å². The summed E-state index contributed by atoms with van der Waals surface area (Å²) in [7, 11) is 1.09. The van der Waals surface area contributed by atoms with E-state index in [4.69, 9.17) is 4.74 Å². The van der Waals surface area contributed by atoms with Gasteiger partial charge in [-0.3, -0.25) is 0 Å². The van der Waals surface area contributed by atoms with Gasteiger partial charge < -0.3 is 24.3 Å². The van der Waals surface area contributed by atoms with Gasteiger partial charge in [0, 0.05) is 17.6 Å². The van der Waals surface area contributed by atoms with Crippen LogP contribution in [-0.4, -0.2) is 65.7 Å². The molecule has 2 atom stereocenters. The van der Waals surface area contributed by atoms with Gasteiger partial charge in [-0.25, -0.2) is 14.0 Å². The van der Waals surface area contributed by atoms with Crippen LogP contribution in [0.5, 0.6) is 0 Å². The number of hydrogen-bond acceptors (Lipinski definition) is 5. The van der Waals surface area contributed by atoms with E-state index in [0.717, 1.165) is 11.7 Å². The normalized spacial score (nSPS) is 19.5. The molecular weight excluding hydrogens is 446 g/mol. The number of piperidine rings is 1. The van der Waals surface area contributed by atoms with Crippen molar-refractivity contribution in [3.05, 3.63) is 30.0 Å². The molecule has 2 aromatic rings. The van der Waals surface area contributed by atoms with E-state index in [0.29, 0.717) is 11.1 Å².